The SMILES string of the molecule is NC(=O)c1ccc(F)c(C[C@H](N)c2ncccc2-n2ncc3ccccc32)n1. The molecule has 4 N–H and O–H groups in total. The van der Waals surface area contributed by atoms with Crippen molar-refractivity contribution in [3.63, 3.8) is 0 Å². The Hall–Kier alpha value is -3.65. The van der Waals surface area contributed by atoms with Crippen LogP contribution in [0.2, 0.25) is 0 Å². The molecule has 1 amide bonds. The number of para-hydroxylation sites is 1. The van der Waals surface area contributed by atoms with E-state index in [0.29, 0.717) is 11.4 Å². The van der Waals surface area contributed by atoms with Crippen molar-refractivity contribution in [3.05, 3.63) is 83.8 Å². The van der Waals surface area contributed by atoms with Gasteiger partial charge in [-0.2, -0.15) is 5.10 Å². The third kappa shape index (κ3) is 3.21. The fourth-order valence-electron chi connectivity index (χ4n) is 3.11. The molecule has 3 aromatic heterocycles. The molecule has 7 nitrogen and oxygen atoms in total. The maximum atomic E-state index is 14.2. The monoisotopic (exact) mass is 376 g/mol. The van der Waals surface area contributed by atoms with Crippen LogP contribution in [0.1, 0.15) is 27.9 Å². The van der Waals surface area contributed by atoms with Gasteiger partial charge in [-0.1, -0.05) is 18.2 Å². The van der Waals surface area contributed by atoms with Gasteiger partial charge in [0.25, 0.3) is 5.91 Å². The molecule has 1 atom stereocenters. The van der Waals surface area contributed by atoms with E-state index in [1.54, 1.807) is 23.1 Å². The minimum atomic E-state index is -0.726. The van der Waals surface area contributed by atoms with E-state index >= 15 is 0 Å². The first-order valence-electron chi connectivity index (χ1n) is 8.63. The zero-order valence-corrected chi connectivity index (χ0v) is 14.8. The van der Waals surface area contributed by atoms with Crippen LogP contribution in [0.5, 0.6) is 0 Å². The molecule has 0 fully saturated rings. The molecule has 0 aliphatic carbocycles. The van der Waals surface area contributed by atoms with E-state index in [9.17, 15) is 9.18 Å². The number of aromatic nitrogens is 4. The number of fused-ring (bicyclic) bond motifs is 1. The number of rotatable bonds is 5. The Balaban J connectivity index is 1.73. The first-order chi connectivity index (χ1) is 13.5. The van der Waals surface area contributed by atoms with Crippen LogP contribution >= 0.6 is 0 Å². The number of nitrogens with two attached hydrogens (primary N) is 2. The van der Waals surface area contributed by atoms with E-state index in [0.717, 1.165) is 17.0 Å². The lowest BCUT2D eigenvalue weighted by molar-refractivity contribution is 0.0995. The lowest BCUT2D eigenvalue weighted by Crippen LogP contribution is -2.21. The molecule has 0 radical (unpaired) electrons. The van der Waals surface area contributed by atoms with Crippen LogP contribution in [0.15, 0.2) is 60.9 Å². The fourth-order valence-corrected chi connectivity index (χ4v) is 3.11. The summed E-state index contributed by atoms with van der Waals surface area (Å²) in [5.74, 6) is -1.28. The van der Waals surface area contributed by atoms with E-state index in [1.165, 1.54) is 6.07 Å². The maximum Gasteiger partial charge on any atom is 0.267 e. The molecule has 1 aromatic carbocycles. The average molecular weight is 376 g/mol. The Morgan fingerprint density at radius 3 is 2.79 bits per heavy atom. The van der Waals surface area contributed by atoms with Crippen LogP contribution in [0.25, 0.3) is 16.6 Å². The summed E-state index contributed by atoms with van der Waals surface area (Å²) in [6, 6.07) is 13.1. The molecule has 4 rings (SSSR count). The highest BCUT2D eigenvalue weighted by Gasteiger charge is 2.19. The molecule has 0 saturated heterocycles. The summed E-state index contributed by atoms with van der Waals surface area (Å²) < 4.78 is 15.9. The molecule has 28 heavy (non-hydrogen) atoms. The van der Waals surface area contributed by atoms with Crippen LogP contribution in [0.4, 0.5) is 4.39 Å². The fraction of sp³-hybridized carbons (Fsp3) is 0.100. The van der Waals surface area contributed by atoms with Gasteiger partial charge in [0.1, 0.15) is 11.5 Å². The molecule has 140 valence electrons. The number of carbonyl (C=O) groups is 1. The Morgan fingerprint density at radius 2 is 1.96 bits per heavy atom. The Labute approximate surface area is 159 Å². The highest BCUT2D eigenvalue weighted by Crippen LogP contribution is 2.24. The molecule has 8 heteroatoms. The highest BCUT2D eigenvalue weighted by atomic mass is 19.1. The van der Waals surface area contributed by atoms with Gasteiger partial charge in [0.2, 0.25) is 0 Å². The van der Waals surface area contributed by atoms with Crippen molar-refractivity contribution in [2.45, 2.75) is 12.5 Å². The summed E-state index contributed by atoms with van der Waals surface area (Å²) >= 11 is 0. The molecular formula is C20H17FN6O. The topological polar surface area (TPSA) is 113 Å². The van der Waals surface area contributed by atoms with E-state index < -0.39 is 17.8 Å². The number of carbonyl (C=O) groups excluding carboxylic acids is 1. The summed E-state index contributed by atoms with van der Waals surface area (Å²) in [5.41, 5.74) is 13.8. The van der Waals surface area contributed by atoms with Crippen LogP contribution < -0.4 is 11.5 Å². The quantitative estimate of drug-likeness (QED) is 0.555. The first kappa shape index (κ1) is 17.7. The summed E-state index contributed by atoms with van der Waals surface area (Å²) in [4.78, 5) is 19.7. The largest absolute Gasteiger partial charge is 0.364 e. The number of halogens is 1. The van der Waals surface area contributed by atoms with Crippen LogP contribution in [0.3, 0.4) is 0 Å². The van der Waals surface area contributed by atoms with Crippen molar-refractivity contribution in [1.29, 1.82) is 0 Å². The van der Waals surface area contributed by atoms with Crippen molar-refractivity contribution in [3.8, 4) is 5.69 Å². The van der Waals surface area contributed by atoms with Gasteiger partial charge in [0.15, 0.2) is 0 Å². The Morgan fingerprint density at radius 1 is 1.14 bits per heavy atom. The number of benzene rings is 1. The predicted molar refractivity (Wildman–Crippen MR) is 102 cm³/mol. The second kappa shape index (κ2) is 7.16. The van der Waals surface area contributed by atoms with Gasteiger partial charge in [-0.05, 0) is 30.3 Å². The van der Waals surface area contributed by atoms with Crippen molar-refractivity contribution in [1.82, 2.24) is 19.7 Å². The minimum Gasteiger partial charge on any atom is -0.364 e. The third-order valence-corrected chi connectivity index (χ3v) is 4.46. The van der Waals surface area contributed by atoms with Crippen molar-refractivity contribution in [2.75, 3.05) is 0 Å². The molecule has 0 bridgehead atoms. The van der Waals surface area contributed by atoms with E-state index in [2.05, 4.69) is 15.1 Å². The molecule has 4 aromatic rings. The first-order valence-corrected chi connectivity index (χ1v) is 8.63. The zero-order chi connectivity index (χ0) is 19.7. The molecule has 0 aliphatic rings. The molecule has 0 spiro atoms. The number of hydrogen-bond donors (Lipinski definition) is 2. The van der Waals surface area contributed by atoms with Crippen molar-refractivity contribution >= 4 is 16.8 Å². The number of pyridine rings is 2. The van der Waals surface area contributed by atoms with Gasteiger partial charge in [-0.25, -0.2) is 14.1 Å². The zero-order valence-electron chi connectivity index (χ0n) is 14.8. The molecule has 0 saturated carbocycles. The van der Waals surface area contributed by atoms with E-state index in [4.69, 9.17) is 11.5 Å². The third-order valence-electron chi connectivity index (χ3n) is 4.46. The summed E-state index contributed by atoms with van der Waals surface area (Å²) in [6.07, 6.45) is 3.43. The lowest BCUT2D eigenvalue weighted by atomic mass is 10.1. The van der Waals surface area contributed by atoms with Crippen LogP contribution in [-0.2, 0) is 6.42 Å². The lowest BCUT2D eigenvalue weighted by Gasteiger charge is -2.16. The molecule has 3 heterocycles. The highest BCUT2D eigenvalue weighted by molar-refractivity contribution is 5.90. The van der Waals surface area contributed by atoms with Gasteiger partial charge >= 0.3 is 0 Å². The van der Waals surface area contributed by atoms with Crippen LogP contribution in [0, 0.1) is 5.82 Å². The molecule has 0 aliphatic heterocycles. The van der Waals surface area contributed by atoms with Crippen molar-refractivity contribution in [2.24, 2.45) is 11.5 Å². The van der Waals surface area contributed by atoms with E-state index in [1.807, 2.05) is 30.3 Å². The summed E-state index contributed by atoms with van der Waals surface area (Å²) in [7, 11) is 0. The minimum absolute atomic E-state index is 0.0112. The van der Waals surface area contributed by atoms with Gasteiger partial charge < -0.3 is 11.5 Å². The average Bonchev–Trinajstić information content (AvgIpc) is 3.13. The molecular weight excluding hydrogens is 359 g/mol. The van der Waals surface area contributed by atoms with Crippen molar-refractivity contribution < 1.29 is 9.18 Å². The Kier molecular flexibility index (Phi) is 4.54. The number of hydrogen-bond acceptors (Lipinski definition) is 5. The standard InChI is InChI=1S/C20H17FN6O/c21-13-7-8-15(20(23)28)26-16(13)10-14(22)19-18(6-3-9-24-19)27-17-5-2-1-4-12(17)11-25-27/h1-9,11,14H,10,22H2,(H2,23,28)/t14-/m0/s1. The van der Waals surface area contributed by atoms with E-state index in [-0.39, 0.29) is 17.8 Å². The normalized spacial score (nSPS) is 12.2. The Bertz CT molecular complexity index is 1170. The number of primary amides is 1. The summed E-state index contributed by atoms with van der Waals surface area (Å²) in [5, 5.41) is 5.42. The van der Waals surface area contributed by atoms with Gasteiger partial charge in [0.05, 0.1) is 34.8 Å². The van der Waals surface area contributed by atoms with Gasteiger partial charge in [0, 0.05) is 18.0 Å². The van der Waals surface area contributed by atoms with Crippen LogP contribution in [-0.4, -0.2) is 25.7 Å². The maximum absolute atomic E-state index is 14.2. The molecule has 0 unspecified atom stereocenters. The van der Waals surface area contributed by atoms with Gasteiger partial charge in [-0.3, -0.25) is 9.78 Å². The number of amides is 1. The predicted octanol–water partition coefficient (Wildman–Crippen LogP) is 2.30. The second-order valence-electron chi connectivity index (χ2n) is 6.32. The number of nitrogens with zero attached hydrogens (tertiary/aromatic N) is 4. The summed E-state index contributed by atoms with van der Waals surface area (Å²) in [6.45, 7) is 0. The smallest absolute Gasteiger partial charge is 0.267 e. The van der Waals surface area contributed by atoms with Gasteiger partial charge in [-0.15, -0.1) is 0 Å². The second-order valence-corrected chi connectivity index (χ2v) is 6.32.